The first kappa shape index (κ1) is 14.2. The maximum absolute atomic E-state index is 6.03. The lowest BCUT2D eigenvalue weighted by molar-refractivity contribution is 0.937. The number of nitrogens with one attached hydrogen (secondary N) is 1. The molecule has 1 N–H and O–H groups in total. The molecule has 1 fully saturated rings. The molecule has 3 heterocycles. The summed E-state index contributed by atoms with van der Waals surface area (Å²) in [6.07, 6.45) is 4.45. The smallest absolute Gasteiger partial charge is 0.128 e. The Morgan fingerprint density at radius 2 is 2.15 bits per heavy atom. The molecule has 1 saturated heterocycles. The SMILES string of the molecule is Clc1sc(CNc2ccc(N3CCCC3)nc2)cc1Br. The van der Waals surface area contributed by atoms with Crippen LogP contribution in [0.3, 0.4) is 0 Å². The molecule has 0 bridgehead atoms. The molecular formula is C14H15BrClN3S. The summed E-state index contributed by atoms with van der Waals surface area (Å²) in [5.74, 6) is 1.08. The van der Waals surface area contributed by atoms with Gasteiger partial charge in [-0.1, -0.05) is 11.6 Å². The zero-order chi connectivity index (χ0) is 13.9. The van der Waals surface area contributed by atoms with Crippen molar-refractivity contribution in [2.24, 2.45) is 0 Å². The number of pyridine rings is 1. The summed E-state index contributed by atoms with van der Waals surface area (Å²) in [7, 11) is 0. The van der Waals surface area contributed by atoms with Gasteiger partial charge in [0.05, 0.1) is 11.9 Å². The lowest BCUT2D eigenvalue weighted by atomic mass is 10.3. The van der Waals surface area contributed by atoms with E-state index in [1.54, 1.807) is 11.3 Å². The Morgan fingerprint density at radius 3 is 2.75 bits per heavy atom. The Labute approximate surface area is 136 Å². The Hall–Kier alpha value is -0.780. The Balaban J connectivity index is 1.60. The first-order valence-electron chi connectivity index (χ1n) is 6.61. The fraction of sp³-hybridized carbons (Fsp3) is 0.357. The van der Waals surface area contributed by atoms with Crippen molar-refractivity contribution in [3.8, 4) is 0 Å². The molecule has 1 aliphatic rings. The topological polar surface area (TPSA) is 28.2 Å². The van der Waals surface area contributed by atoms with Crippen LogP contribution in [0.4, 0.5) is 11.5 Å². The van der Waals surface area contributed by atoms with Gasteiger partial charge < -0.3 is 10.2 Å². The quantitative estimate of drug-likeness (QED) is 0.838. The zero-order valence-corrected chi connectivity index (χ0v) is 14.1. The molecule has 0 saturated carbocycles. The van der Waals surface area contributed by atoms with Crippen molar-refractivity contribution in [2.45, 2.75) is 19.4 Å². The lowest BCUT2D eigenvalue weighted by Gasteiger charge is -2.16. The number of hydrogen-bond donors (Lipinski definition) is 1. The van der Waals surface area contributed by atoms with Gasteiger partial charge >= 0.3 is 0 Å². The van der Waals surface area contributed by atoms with Crippen molar-refractivity contribution in [1.29, 1.82) is 0 Å². The third-order valence-corrected chi connectivity index (χ3v) is 5.82. The van der Waals surface area contributed by atoms with E-state index in [9.17, 15) is 0 Å². The van der Waals surface area contributed by atoms with Crippen molar-refractivity contribution < 1.29 is 0 Å². The second kappa shape index (κ2) is 6.33. The van der Waals surface area contributed by atoms with Gasteiger partial charge in [-0.05, 0) is 47.0 Å². The van der Waals surface area contributed by atoms with Gasteiger partial charge in [-0.3, -0.25) is 0 Å². The third kappa shape index (κ3) is 3.27. The Bertz CT molecular complexity index is 559. The fourth-order valence-corrected chi connectivity index (χ4v) is 4.02. The standard InChI is InChI=1S/C14H15BrClN3S/c15-12-7-11(20-14(12)16)9-17-10-3-4-13(18-8-10)19-5-1-2-6-19/h3-4,7-8,17H,1-2,5-6,9H2. The molecule has 0 aromatic carbocycles. The predicted molar refractivity (Wildman–Crippen MR) is 90.0 cm³/mol. The number of halogens is 2. The first-order valence-corrected chi connectivity index (χ1v) is 8.60. The average molecular weight is 373 g/mol. The van der Waals surface area contributed by atoms with Crippen LogP contribution in [0.15, 0.2) is 28.9 Å². The van der Waals surface area contributed by atoms with Gasteiger partial charge in [0.25, 0.3) is 0 Å². The largest absolute Gasteiger partial charge is 0.379 e. The van der Waals surface area contributed by atoms with Crippen LogP contribution < -0.4 is 10.2 Å². The van der Waals surface area contributed by atoms with Crippen LogP contribution in [0.1, 0.15) is 17.7 Å². The van der Waals surface area contributed by atoms with E-state index in [2.05, 4.69) is 43.3 Å². The van der Waals surface area contributed by atoms with Gasteiger partial charge in [-0.25, -0.2) is 4.98 Å². The van der Waals surface area contributed by atoms with Gasteiger partial charge in [0.15, 0.2) is 0 Å². The number of nitrogens with zero attached hydrogens (tertiary/aromatic N) is 2. The second-order valence-electron chi connectivity index (χ2n) is 4.79. The number of aromatic nitrogens is 1. The molecule has 0 radical (unpaired) electrons. The molecule has 0 atom stereocenters. The molecule has 6 heteroatoms. The minimum atomic E-state index is 0.765. The molecule has 2 aromatic rings. The molecule has 3 rings (SSSR count). The summed E-state index contributed by atoms with van der Waals surface area (Å²) in [6, 6.07) is 6.22. The second-order valence-corrected chi connectivity index (χ2v) is 7.38. The molecule has 3 nitrogen and oxygen atoms in total. The van der Waals surface area contributed by atoms with Crippen molar-refractivity contribution in [1.82, 2.24) is 4.98 Å². The first-order chi connectivity index (χ1) is 9.72. The fourth-order valence-electron chi connectivity index (χ4n) is 2.29. The summed E-state index contributed by atoms with van der Waals surface area (Å²) in [4.78, 5) is 8.06. The normalized spacial score (nSPS) is 14.8. The molecule has 0 amide bonds. The van der Waals surface area contributed by atoms with Gasteiger partial charge in [-0.2, -0.15) is 0 Å². The third-order valence-electron chi connectivity index (χ3n) is 3.34. The van der Waals surface area contributed by atoms with Gasteiger partial charge in [0, 0.05) is 29.0 Å². The van der Waals surface area contributed by atoms with Crippen LogP contribution in [-0.4, -0.2) is 18.1 Å². The van der Waals surface area contributed by atoms with Crippen LogP contribution >= 0.6 is 38.9 Å². The van der Waals surface area contributed by atoms with Crippen molar-refractivity contribution in [3.05, 3.63) is 38.1 Å². The van der Waals surface area contributed by atoms with E-state index < -0.39 is 0 Å². The van der Waals surface area contributed by atoms with Crippen molar-refractivity contribution >= 4 is 50.4 Å². The van der Waals surface area contributed by atoms with Crippen LogP contribution in [-0.2, 0) is 6.54 Å². The number of thiophene rings is 1. The summed E-state index contributed by atoms with van der Waals surface area (Å²) in [5, 5.41) is 3.37. The van der Waals surface area contributed by atoms with E-state index in [4.69, 9.17) is 11.6 Å². The van der Waals surface area contributed by atoms with Gasteiger partial charge in [0.1, 0.15) is 10.2 Å². The highest BCUT2D eigenvalue weighted by atomic mass is 79.9. The average Bonchev–Trinajstić information content (AvgIpc) is 3.08. The maximum Gasteiger partial charge on any atom is 0.128 e. The Kier molecular flexibility index (Phi) is 4.48. The summed E-state index contributed by atoms with van der Waals surface area (Å²) in [5.41, 5.74) is 1.04. The minimum absolute atomic E-state index is 0.765. The lowest BCUT2D eigenvalue weighted by Crippen LogP contribution is -2.18. The number of hydrogen-bond acceptors (Lipinski definition) is 4. The summed E-state index contributed by atoms with van der Waals surface area (Å²) in [6.45, 7) is 3.02. The highest BCUT2D eigenvalue weighted by Crippen LogP contribution is 2.32. The van der Waals surface area contributed by atoms with Crippen molar-refractivity contribution in [2.75, 3.05) is 23.3 Å². The number of rotatable bonds is 4. The van der Waals surface area contributed by atoms with Crippen LogP contribution in [0.25, 0.3) is 0 Å². The molecule has 2 aromatic heterocycles. The summed E-state index contributed by atoms with van der Waals surface area (Å²) < 4.78 is 1.76. The molecule has 0 spiro atoms. The Morgan fingerprint density at radius 1 is 1.35 bits per heavy atom. The molecule has 1 aliphatic heterocycles. The van der Waals surface area contributed by atoms with Gasteiger partial charge in [-0.15, -0.1) is 11.3 Å². The van der Waals surface area contributed by atoms with E-state index in [0.29, 0.717) is 0 Å². The highest BCUT2D eigenvalue weighted by molar-refractivity contribution is 9.10. The maximum atomic E-state index is 6.03. The van der Waals surface area contributed by atoms with Crippen LogP contribution in [0, 0.1) is 0 Å². The van der Waals surface area contributed by atoms with Gasteiger partial charge in [0.2, 0.25) is 0 Å². The van der Waals surface area contributed by atoms with E-state index in [0.717, 1.165) is 39.9 Å². The predicted octanol–water partition coefficient (Wildman–Crippen LogP) is 4.77. The molecule has 0 unspecified atom stereocenters. The van der Waals surface area contributed by atoms with E-state index in [1.165, 1.54) is 17.7 Å². The monoisotopic (exact) mass is 371 g/mol. The van der Waals surface area contributed by atoms with E-state index in [1.807, 2.05) is 12.3 Å². The number of anilines is 2. The van der Waals surface area contributed by atoms with Crippen LogP contribution in [0.5, 0.6) is 0 Å². The highest BCUT2D eigenvalue weighted by Gasteiger charge is 2.12. The van der Waals surface area contributed by atoms with Crippen molar-refractivity contribution in [3.63, 3.8) is 0 Å². The van der Waals surface area contributed by atoms with E-state index in [-0.39, 0.29) is 0 Å². The summed E-state index contributed by atoms with van der Waals surface area (Å²) >= 11 is 11.0. The molecular weight excluding hydrogens is 358 g/mol. The molecule has 20 heavy (non-hydrogen) atoms. The zero-order valence-electron chi connectivity index (χ0n) is 10.9. The molecule has 106 valence electrons. The van der Waals surface area contributed by atoms with Crippen LogP contribution in [0.2, 0.25) is 4.34 Å². The van der Waals surface area contributed by atoms with E-state index >= 15 is 0 Å². The minimum Gasteiger partial charge on any atom is -0.379 e. The molecule has 0 aliphatic carbocycles.